The van der Waals surface area contributed by atoms with Gasteiger partial charge in [-0.15, -0.1) is 0 Å². The summed E-state index contributed by atoms with van der Waals surface area (Å²) in [6.07, 6.45) is 2.41. The van der Waals surface area contributed by atoms with E-state index >= 15 is 0 Å². The van der Waals surface area contributed by atoms with Gasteiger partial charge >= 0.3 is 6.18 Å². The predicted molar refractivity (Wildman–Crippen MR) is 149 cm³/mol. The Hall–Kier alpha value is -2.33. The Balaban J connectivity index is 1.43. The van der Waals surface area contributed by atoms with Gasteiger partial charge < -0.3 is 5.32 Å². The van der Waals surface area contributed by atoms with Crippen molar-refractivity contribution in [2.45, 2.75) is 37.9 Å². The molecule has 1 aromatic heterocycles. The summed E-state index contributed by atoms with van der Waals surface area (Å²) in [5.74, 6) is -2.37. The zero-order valence-electron chi connectivity index (χ0n) is 20.2. The Morgan fingerprint density at radius 2 is 1.85 bits per heavy atom. The Kier molecular flexibility index (Phi) is 9.15. The number of carbonyl (C=O) groups excluding carboxylic acids is 2. The van der Waals surface area contributed by atoms with E-state index in [2.05, 4.69) is 26.3 Å². The van der Waals surface area contributed by atoms with E-state index in [1.807, 2.05) is 0 Å². The van der Waals surface area contributed by atoms with Crippen molar-refractivity contribution in [3.05, 3.63) is 91.1 Å². The molecule has 0 spiro atoms. The van der Waals surface area contributed by atoms with Crippen molar-refractivity contribution in [3.8, 4) is 0 Å². The second kappa shape index (κ2) is 12.0. The summed E-state index contributed by atoms with van der Waals surface area (Å²) in [6, 6.07) is 8.71. The minimum absolute atomic E-state index is 0.0177. The summed E-state index contributed by atoms with van der Waals surface area (Å²) in [4.78, 5) is 25.8. The number of aromatic nitrogens is 2. The molecule has 206 valence electrons. The number of alkyl halides is 3. The highest BCUT2D eigenvalue weighted by Gasteiger charge is 2.51. The van der Waals surface area contributed by atoms with Gasteiger partial charge in [0.1, 0.15) is 0 Å². The number of allylic oxidation sites excluding steroid dienone is 1. The van der Waals surface area contributed by atoms with Crippen LogP contribution in [0.3, 0.4) is 0 Å². The van der Waals surface area contributed by atoms with Gasteiger partial charge in [-0.2, -0.15) is 18.3 Å². The quantitative estimate of drug-likeness (QED) is 0.176. The monoisotopic (exact) mass is 661 g/mol. The Bertz CT molecular complexity index is 1380. The van der Waals surface area contributed by atoms with E-state index in [-0.39, 0.29) is 38.7 Å². The highest BCUT2D eigenvalue weighted by Crippen LogP contribution is 2.50. The maximum Gasteiger partial charge on any atom is 0.399 e. The second-order valence-electron chi connectivity index (χ2n) is 9.32. The first-order chi connectivity index (χ1) is 18.4. The minimum Gasteiger partial charge on any atom is -0.354 e. The van der Waals surface area contributed by atoms with E-state index in [9.17, 15) is 22.8 Å². The summed E-state index contributed by atoms with van der Waals surface area (Å²) in [7, 11) is 0. The number of rotatable bonds is 10. The molecule has 5 nitrogen and oxygen atoms in total. The maximum absolute atomic E-state index is 13.8. The van der Waals surface area contributed by atoms with Crippen LogP contribution in [0.25, 0.3) is 6.08 Å². The fraction of sp³-hybridized carbons (Fsp3) is 0.296. The summed E-state index contributed by atoms with van der Waals surface area (Å²) in [5.41, 5.74) is -0.0929. The molecular formula is C27H22BrCl3F3N3O2. The number of hydrogen-bond donors (Lipinski definition) is 1. The summed E-state index contributed by atoms with van der Waals surface area (Å²) in [5, 5.41) is 6.79. The largest absolute Gasteiger partial charge is 0.399 e. The molecule has 0 bridgehead atoms. The lowest BCUT2D eigenvalue weighted by molar-refractivity contribution is -0.139. The number of ketones is 1. The number of Topliss-reactive ketones (excluding diaryl/α,β-unsaturated/α-hetero) is 1. The molecule has 0 saturated heterocycles. The number of halogens is 7. The molecule has 12 heteroatoms. The highest BCUT2D eigenvalue weighted by atomic mass is 79.9. The van der Waals surface area contributed by atoms with Crippen LogP contribution in [0.15, 0.2) is 59.3 Å². The Morgan fingerprint density at radius 1 is 1.15 bits per heavy atom. The molecule has 1 N–H and O–H groups in total. The fourth-order valence-corrected chi connectivity index (χ4v) is 5.40. The molecule has 3 aromatic rings. The molecule has 4 rings (SSSR count). The summed E-state index contributed by atoms with van der Waals surface area (Å²) < 4.78 is 43.6. The lowest BCUT2D eigenvalue weighted by Gasteiger charge is -2.18. The van der Waals surface area contributed by atoms with E-state index in [1.165, 1.54) is 12.1 Å². The Labute approximate surface area is 246 Å². The maximum atomic E-state index is 13.8. The third-order valence-corrected chi connectivity index (χ3v) is 8.37. The molecular weight excluding hydrogens is 642 g/mol. The molecule has 1 atom stereocenters. The average Bonchev–Trinajstić information content (AvgIpc) is 3.45. The van der Waals surface area contributed by atoms with Crippen LogP contribution in [0.4, 0.5) is 13.2 Å². The van der Waals surface area contributed by atoms with Crippen LogP contribution in [0.5, 0.6) is 0 Å². The molecule has 1 saturated carbocycles. The van der Waals surface area contributed by atoms with Gasteiger partial charge in [0.2, 0.25) is 5.91 Å². The van der Waals surface area contributed by atoms with E-state index in [4.69, 9.17) is 34.8 Å². The lowest BCUT2D eigenvalue weighted by atomic mass is 9.93. The van der Waals surface area contributed by atoms with Crippen molar-refractivity contribution >= 4 is 68.5 Å². The number of hydrogen-bond acceptors (Lipinski definition) is 3. The van der Waals surface area contributed by atoms with Gasteiger partial charge in [0.05, 0.1) is 32.9 Å². The topological polar surface area (TPSA) is 64.0 Å². The lowest BCUT2D eigenvalue weighted by Crippen LogP contribution is -2.35. The standard InChI is InChI=1S/C27H22BrCl3F3N3O2/c28-20-12-16(3-5-19(27(32,33)34)17-13-21(29)24(31)22(30)14-17)2-4-18(20)23(38)15-26(6-7-26)25(39)35-9-11-37-10-1-8-36-37/h1-5,8,10,12-14,19H,6-7,9,11,15H2,(H,35,39)/b5-3+. The fourth-order valence-electron chi connectivity index (χ4n) is 4.17. The summed E-state index contributed by atoms with van der Waals surface area (Å²) in [6.45, 7) is 0.922. The van der Waals surface area contributed by atoms with E-state index in [0.29, 0.717) is 41.5 Å². The van der Waals surface area contributed by atoms with Gasteiger partial charge in [0.15, 0.2) is 5.78 Å². The van der Waals surface area contributed by atoms with Crippen LogP contribution in [0.1, 0.15) is 46.7 Å². The molecule has 1 aliphatic carbocycles. The smallest absolute Gasteiger partial charge is 0.354 e. The van der Waals surface area contributed by atoms with E-state index in [1.54, 1.807) is 35.3 Å². The molecule has 1 heterocycles. The van der Waals surface area contributed by atoms with Crippen molar-refractivity contribution < 1.29 is 22.8 Å². The van der Waals surface area contributed by atoms with Crippen LogP contribution >= 0.6 is 50.7 Å². The van der Waals surface area contributed by atoms with Crippen LogP contribution in [-0.2, 0) is 11.3 Å². The third kappa shape index (κ3) is 7.25. The first-order valence-electron chi connectivity index (χ1n) is 11.9. The Morgan fingerprint density at radius 3 is 2.41 bits per heavy atom. The predicted octanol–water partition coefficient (Wildman–Crippen LogP) is 8.13. The molecule has 1 amide bonds. The number of nitrogens with one attached hydrogen (secondary N) is 1. The van der Waals surface area contributed by atoms with Crippen LogP contribution < -0.4 is 5.32 Å². The minimum atomic E-state index is -4.61. The normalized spacial score (nSPS) is 15.4. The van der Waals surface area contributed by atoms with Crippen LogP contribution in [0.2, 0.25) is 15.1 Å². The molecule has 2 aromatic carbocycles. The molecule has 39 heavy (non-hydrogen) atoms. The van der Waals surface area contributed by atoms with E-state index in [0.717, 1.165) is 18.2 Å². The van der Waals surface area contributed by atoms with Crippen molar-refractivity contribution in [2.75, 3.05) is 6.54 Å². The van der Waals surface area contributed by atoms with Gasteiger partial charge in [-0.05, 0) is 54.3 Å². The average molecular weight is 664 g/mol. The number of benzene rings is 2. The van der Waals surface area contributed by atoms with Gasteiger partial charge in [0, 0.05) is 35.4 Å². The second-order valence-corrected chi connectivity index (χ2v) is 11.4. The third-order valence-electron chi connectivity index (χ3n) is 6.51. The van der Waals surface area contributed by atoms with Gasteiger partial charge in [-0.3, -0.25) is 14.3 Å². The first kappa shape index (κ1) is 29.6. The highest BCUT2D eigenvalue weighted by molar-refractivity contribution is 9.10. The zero-order valence-corrected chi connectivity index (χ0v) is 24.1. The van der Waals surface area contributed by atoms with Crippen molar-refractivity contribution in [1.82, 2.24) is 15.1 Å². The number of amides is 1. The van der Waals surface area contributed by atoms with Crippen molar-refractivity contribution in [1.29, 1.82) is 0 Å². The van der Waals surface area contributed by atoms with Crippen molar-refractivity contribution in [2.24, 2.45) is 5.41 Å². The van der Waals surface area contributed by atoms with Crippen LogP contribution in [-0.4, -0.2) is 34.2 Å². The SMILES string of the molecule is O=C(CC1(C(=O)NCCn2cccn2)CC1)c1ccc(/C=C/C(c2cc(Cl)c(Cl)c(Cl)c2)C(F)(F)F)cc1Br. The number of carbonyl (C=O) groups is 2. The number of nitrogens with zero attached hydrogens (tertiary/aromatic N) is 2. The molecule has 1 aliphatic rings. The van der Waals surface area contributed by atoms with Gasteiger partial charge in [-0.25, -0.2) is 0 Å². The molecule has 0 aliphatic heterocycles. The molecule has 1 unspecified atom stereocenters. The first-order valence-corrected chi connectivity index (χ1v) is 13.8. The van der Waals surface area contributed by atoms with Gasteiger partial charge in [0.25, 0.3) is 0 Å². The molecule has 1 fully saturated rings. The van der Waals surface area contributed by atoms with Crippen molar-refractivity contribution in [3.63, 3.8) is 0 Å². The van der Waals surface area contributed by atoms with Gasteiger partial charge in [-0.1, -0.05) is 69.0 Å². The van der Waals surface area contributed by atoms with E-state index < -0.39 is 17.5 Å². The molecule has 0 radical (unpaired) electrons. The zero-order chi connectivity index (χ0) is 28.4. The summed E-state index contributed by atoms with van der Waals surface area (Å²) >= 11 is 21.1. The van der Waals surface area contributed by atoms with Crippen LogP contribution in [0, 0.1) is 5.41 Å².